The molecule has 4 rings (SSSR count). The van der Waals surface area contributed by atoms with Crippen molar-refractivity contribution >= 4 is 17.6 Å². The van der Waals surface area contributed by atoms with Crippen LogP contribution in [0.4, 0.5) is 5.82 Å². The molecular formula is C23H19N5O3. The van der Waals surface area contributed by atoms with Crippen molar-refractivity contribution < 1.29 is 14.3 Å². The summed E-state index contributed by atoms with van der Waals surface area (Å²) in [5.74, 6) is 0.816. The van der Waals surface area contributed by atoms with Crippen LogP contribution in [0.1, 0.15) is 26.3 Å². The van der Waals surface area contributed by atoms with Crippen molar-refractivity contribution in [2.75, 3.05) is 5.32 Å². The summed E-state index contributed by atoms with van der Waals surface area (Å²) in [7, 11) is 0. The Hall–Kier alpha value is -4.46. The molecule has 4 aromatic rings. The minimum atomic E-state index is -0.496. The van der Waals surface area contributed by atoms with E-state index in [9.17, 15) is 9.59 Å². The largest absolute Gasteiger partial charge is 0.457 e. The maximum Gasteiger partial charge on any atom is 0.256 e. The Labute approximate surface area is 178 Å². The predicted molar refractivity (Wildman–Crippen MR) is 115 cm³/mol. The predicted octanol–water partition coefficient (Wildman–Crippen LogP) is 3.47. The number of nitrogens with zero attached hydrogens (tertiary/aromatic N) is 3. The molecule has 8 heteroatoms. The zero-order chi connectivity index (χ0) is 21.6. The van der Waals surface area contributed by atoms with Crippen LogP contribution in [0.2, 0.25) is 0 Å². The number of amides is 2. The fraction of sp³-hybridized carbons (Fsp3) is 0.0435. The first-order chi connectivity index (χ1) is 15.1. The first-order valence-electron chi connectivity index (χ1n) is 9.48. The van der Waals surface area contributed by atoms with E-state index in [1.54, 1.807) is 77.9 Å². The Morgan fingerprint density at radius 3 is 2.10 bits per heavy atom. The number of hydrogen-bond acceptors (Lipinski definition) is 5. The third-order valence-corrected chi connectivity index (χ3v) is 4.47. The van der Waals surface area contributed by atoms with Gasteiger partial charge in [0.1, 0.15) is 11.5 Å². The van der Waals surface area contributed by atoms with Crippen LogP contribution in [-0.4, -0.2) is 26.6 Å². The van der Waals surface area contributed by atoms with E-state index >= 15 is 0 Å². The molecule has 0 fully saturated rings. The lowest BCUT2D eigenvalue weighted by Gasteiger charge is -2.07. The molecule has 0 saturated carbocycles. The van der Waals surface area contributed by atoms with Gasteiger partial charge in [-0.2, -0.15) is 5.10 Å². The molecule has 154 valence electrons. The van der Waals surface area contributed by atoms with Gasteiger partial charge in [-0.05, 0) is 66.2 Å². The molecule has 0 saturated heterocycles. The molecule has 8 nitrogen and oxygen atoms in total. The van der Waals surface area contributed by atoms with E-state index in [0.29, 0.717) is 35.0 Å². The molecule has 0 aliphatic rings. The lowest BCUT2D eigenvalue weighted by molar-refractivity contribution is 0.0997. The number of aromatic nitrogens is 3. The van der Waals surface area contributed by atoms with Crippen LogP contribution in [0.25, 0.3) is 0 Å². The van der Waals surface area contributed by atoms with Gasteiger partial charge in [-0.3, -0.25) is 19.3 Å². The van der Waals surface area contributed by atoms with E-state index in [1.165, 1.54) is 0 Å². The summed E-state index contributed by atoms with van der Waals surface area (Å²) in [4.78, 5) is 27.6. The van der Waals surface area contributed by atoms with Crippen molar-refractivity contribution in [1.82, 2.24) is 14.8 Å². The van der Waals surface area contributed by atoms with Crippen molar-refractivity contribution in [1.29, 1.82) is 0 Å². The van der Waals surface area contributed by atoms with Crippen molar-refractivity contribution in [3.63, 3.8) is 0 Å². The zero-order valence-electron chi connectivity index (χ0n) is 16.4. The highest BCUT2D eigenvalue weighted by Gasteiger charge is 2.09. The Kier molecular flexibility index (Phi) is 5.70. The number of hydrogen-bond donors (Lipinski definition) is 2. The Balaban J connectivity index is 1.35. The lowest BCUT2D eigenvalue weighted by atomic mass is 10.2. The van der Waals surface area contributed by atoms with Crippen molar-refractivity contribution in [3.8, 4) is 11.5 Å². The van der Waals surface area contributed by atoms with Gasteiger partial charge in [0.05, 0.1) is 6.54 Å². The number of pyridine rings is 1. The Morgan fingerprint density at radius 2 is 1.48 bits per heavy atom. The van der Waals surface area contributed by atoms with E-state index in [4.69, 9.17) is 10.5 Å². The number of ether oxygens (including phenoxy) is 1. The van der Waals surface area contributed by atoms with Gasteiger partial charge in [0.25, 0.3) is 5.91 Å². The molecule has 0 unspecified atom stereocenters. The lowest BCUT2D eigenvalue weighted by Crippen LogP contribution is -2.12. The molecule has 0 aliphatic carbocycles. The van der Waals surface area contributed by atoms with Crippen molar-refractivity contribution in [3.05, 3.63) is 102 Å². The summed E-state index contributed by atoms with van der Waals surface area (Å²) in [5, 5.41) is 7.15. The van der Waals surface area contributed by atoms with E-state index in [0.717, 1.165) is 5.56 Å². The van der Waals surface area contributed by atoms with Crippen molar-refractivity contribution in [2.24, 2.45) is 5.73 Å². The number of nitrogens with two attached hydrogens (primary N) is 1. The van der Waals surface area contributed by atoms with Crippen LogP contribution in [0.3, 0.4) is 0 Å². The zero-order valence-corrected chi connectivity index (χ0v) is 16.4. The molecule has 0 radical (unpaired) electrons. The summed E-state index contributed by atoms with van der Waals surface area (Å²) in [6, 6.07) is 18.8. The molecule has 3 N–H and O–H groups in total. The monoisotopic (exact) mass is 413 g/mol. The first kappa shape index (κ1) is 19.8. The van der Waals surface area contributed by atoms with Crippen LogP contribution >= 0.6 is 0 Å². The minimum absolute atomic E-state index is 0.272. The highest BCUT2D eigenvalue weighted by Crippen LogP contribution is 2.22. The summed E-state index contributed by atoms with van der Waals surface area (Å²) < 4.78 is 7.46. The minimum Gasteiger partial charge on any atom is -0.457 e. The molecule has 31 heavy (non-hydrogen) atoms. The SMILES string of the molecule is NC(=O)c1ccc(Oc2ccc(C(=O)Nc3ccn(Cc4ccncc4)n3)cc2)cc1. The normalized spacial score (nSPS) is 10.5. The Morgan fingerprint density at radius 1 is 0.871 bits per heavy atom. The van der Waals surface area contributed by atoms with E-state index in [2.05, 4.69) is 15.4 Å². The van der Waals surface area contributed by atoms with Gasteiger partial charge in [-0.25, -0.2) is 0 Å². The fourth-order valence-electron chi connectivity index (χ4n) is 2.88. The standard InChI is InChI=1S/C23H19N5O3/c24-22(29)17-1-5-19(6-2-17)31-20-7-3-18(4-8-20)23(30)26-21-11-14-28(27-21)15-16-9-12-25-13-10-16/h1-14H,15H2,(H2,24,29)(H,26,27,30). The topological polar surface area (TPSA) is 112 Å². The molecule has 2 amide bonds. The maximum atomic E-state index is 12.5. The second kappa shape index (κ2) is 8.91. The van der Waals surface area contributed by atoms with E-state index < -0.39 is 5.91 Å². The van der Waals surface area contributed by atoms with Crippen LogP contribution in [0.5, 0.6) is 11.5 Å². The fourth-order valence-corrected chi connectivity index (χ4v) is 2.88. The van der Waals surface area contributed by atoms with Crippen LogP contribution in [0.15, 0.2) is 85.3 Å². The molecule has 0 atom stereocenters. The summed E-state index contributed by atoms with van der Waals surface area (Å²) >= 11 is 0. The van der Waals surface area contributed by atoms with Gasteiger partial charge >= 0.3 is 0 Å². The van der Waals surface area contributed by atoms with Gasteiger partial charge in [0.15, 0.2) is 5.82 Å². The highest BCUT2D eigenvalue weighted by molar-refractivity contribution is 6.03. The van der Waals surface area contributed by atoms with E-state index in [-0.39, 0.29) is 5.91 Å². The second-order valence-corrected chi connectivity index (χ2v) is 6.72. The third kappa shape index (κ3) is 5.13. The number of benzene rings is 2. The third-order valence-electron chi connectivity index (χ3n) is 4.47. The second-order valence-electron chi connectivity index (χ2n) is 6.72. The number of rotatable bonds is 7. The van der Waals surface area contributed by atoms with Crippen LogP contribution < -0.4 is 15.8 Å². The highest BCUT2D eigenvalue weighted by atomic mass is 16.5. The van der Waals surface area contributed by atoms with Gasteiger partial charge < -0.3 is 15.8 Å². The summed E-state index contributed by atoms with van der Waals surface area (Å²) in [5.41, 5.74) is 7.17. The smallest absolute Gasteiger partial charge is 0.256 e. The molecule has 0 spiro atoms. The quantitative estimate of drug-likeness (QED) is 0.482. The van der Waals surface area contributed by atoms with Gasteiger partial charge in [-0.15, -0.1) is 0 Å². The number of anilines is 1. The maximum absolute atomic E-state index is 12.5. The van der Waals surface area contributed by atoms with Gasteiger partial charge in [0, 0.05) is 35.8 Å². The molecule has 0 aliphatic heterocycles. The van der Waals surface area contributed by atoms with E-state index in [1.807, 2.05) is 12.1 Å². The molecular weight excluding hydrogens is 394 g/mol. The number of carbonyl (C=O) groups is 2. The average Bonchev–Trinajstić information content (AvgIpc) is 3.22. The molecule has 2 heterocycles. The number of primary amides is 1. The number of carbonyl (C=O) groups excluding carboxylic acids is 2. The Bertz CT molecular complexity index is 1190. The first-order valence-corrected chi connectivity index (χ1v) is 9.48. The average molecular weight is 413 g/mol. The number of nitrogens with one attached hydrogen (secondary N) is 1. The molecule has 2 aromatic heterocycles. The van der Waals surface area contributed by atoms with Crippen LogP contribution in [-0.2, 0) is 6.54 Å². The summed E-state index contributed by atoms with van der Waals surface area (Å²) in [6.07, 6.45) is 5.26. The summed E-state index contributed by atoms with van der Waals surface area (Å²) in [6.45, 7) is 0.588. The van der Waals surface area contributed by atoms with Gasteiger partial charge in [-0.1, -0.05) is 0 Å². The van der Waals surface area contributed by atoms with Gasteiger partial charge in [0.2, 0.25) is 5.91 Å². The molecule has 0 bridgehead atoms. The molecule has 2 aromatic carbocycles. The van der Waals surface area contributed by atoms with Crippen molar-refractivity contribution in [2.45, 2.75) is 6.54 Å². The van der Waals surface area contributed by atoms with Crippen LogP contribution in [0, 0.1) is 0 Å².